The molecule has 0 spiro atoms. The fourth-order valence-electron chi connectivity index (χ4n) is 1.80. The molecule has 2 rings (SSSR count). The maximum atomic E-state index is 11.5. The standard InChI is InChI=1S/C11H14N4O/c12-11(13)14-8-3-1-4-9(7-8)15-6-2-5-10(15)16/h1,3-4,7H,2,5-6H2,(H4,12,13,14). The van der Waals surface area contributed by atoms with Gasteiger partial charge in [0.15, 0.2) is 5.96 Å². The molecule has 16 heavy (non-hydrogen) atoms. The monoisotopic (exact) mass is 218 g/mol. The molecule has 0 unspecified atom stereocenters. The maximum Gasteiger partial charge on any atom is 0.227 e. The van der Waals surface area contributed by atoms with Crippen LogP contribution in [0.4, 0.5) is 11.4 Å². The molecule has 4 N–H and O–H groups in total. The first-order valence-electron chi connectivity index (χ1n) is 5.17. The van der Waals surface area contributed by atoms with Crippen LogP contribution in [0.25, 0.3) is 0 Å². The Morgan fingerprint density at radius 1 is 1.38 bits per heavy atom. The number of nitrogens with two attached hydrogens (primary N) is 2. The Morgan fingerprint density at radius 2 is 2.19 bits per heavy atom. The summed E-state index contributed by atoms with van der Waals surface area (Å²) >= 11 is 0. The smallest absolute Gasteiger partial charge is 0.227 e. The Morgan fingerprint density at radius 3 is 2.81 bits per heavy atom. The molecule has 84 valence electrons. The van der Waals surface area contributed by atoms with Gasteiger partial charge in [-0.05, 0) is 24.6 Å². The van der Waals surface area contributed by atoms with Crippen molar-refractivity contribution >= 4 is 23.2 Å². The van der Waals surface area contributed by atoms with E-state index in [0.29, 0.717) is 12.1 Å². The zero-order chi connectivity index (χ0) is 11.5. The van der Waals surface area contributed by atoms with Crippen LogP contribution in [0.5, 0.6) is 0 Å². The second kappa shape index (κ2) is 4.22. The first kappa shape index (κ1) is 10.5. The van der Waals surface area contributed by atoms with E-state index in [1.807, 2.05) is 18.2 Å². The Labute approximate surface area is 93.7 Å². The van der Waals surface area contributed by atoms with Crippen molar-refractivity contribution in [3.63, 3.8) is 0 Å². The molecule has 0 radical (unpaired) electrons. The molecule has 1 fully saturated rings. The van der Waals surface area contributed by atoms with Gasteiger partial charge in [-0.1, -0.05) is 6.07 Å². The third kappa shape index (κ3) is 2.13. The molecule has 5 heteroatoms. The second-order valence-corrected chi connectivity index (χ2v) is 3.71. The molecule has 1 aliphatic heterocycles. The lowest BCUT2D eigenvalue weighted by atomic mass is 10.2. The normalized spacial score (nSPS) is 15.2. The molecule has 0 aromatic heterocycles. The first-order valence-corrected chi connectivity index (χ1v) is 5.17. The Hall–Kier alpha value is -2.04. The molecule has 1 aromatic carbocycles. The van der Waals surface area contributed by atoms with Crippen LogP contribution in [0.2, 0.25) is 0 Å². The van der Waals surface area contributed by atoms with E-state index in [0.717, 1.165) is 18.7 Å². The number of anilines is 1. The quantitative estimate of drug-likeness (QED) is 0.566. The highest BCUT2D eigenvalue weighted by atomic mass is 16.2. The van der Waals surface area contributed by atoms with E-state index < -0.39 is 0 Å². The lowest BCUT2D eigenvalue weighted by Crippen LogP contribution is -2.23. The second-order valence-electron chi connectivity index (χ2n) is 3.71. The van der Waals surface area contributed by atoms with Gasteiger partial charge in [-0.25, -0.2) is 4.99 Å². The SMILES string of the molecule is NC(N)=Nc1cccc(N2CCCC2=O)c1. The molecule has 1 heterocycles. The van der Waals surface area contributed by atoms with Crippen LogP contribution in [0.1, 0.15) is 12.8 Å². The number of rotatable bonds is 2. The van der Waals surface area contributed by atoms with Crippen LogP contribution >= 0.6 is 0 Å². The minimum atomic E-state index is 0.0184. The lowest BCUT2D eigenvalue weighted by Gasteiger charge is -2.15. The summed E-state index contributed by atoms with van der Waals surface area (Å²) in [5, 5.41) is 0. The summed E-state index contributed by atoms with van der Waals surface area (Å²) in [6.45, 7) is 0.768. The lowest BCUT2D eigenvalue weighted by molar-refractivity contribution is -0.117. The van der Waals surface area contributed by atoms with E-state index in [1.165, 1.54) is 0 Å². The highest BCUT2D eigenvalue weighted by molar-refractivity contribution is 5.95. The predicted octanol–water partition coefficient (Wildman–Crippen LogP) is 0.718. The minimum Gasteiger partial charge on any atom is -0.370 e. The van der Waals surface area contributed by atoms with Gasteiger partial charge in [0.1, 0.15) is 0 Å². The molecular formula is C11H14N4O. The number of aliphatic imine (C=N–C) groups is 1. The molecule has 0 bridgehead atoms. The highest BCUT2D eigenvalue weighted by Gasteiger charge is 2.21. The van der Waals surface area contributed by atoms with Crippen molar-refractivity contribution in [1.82, 2.24) is 0 Å². The fraction of sp³-hybridized carbons (Fsp3) is 0.273. The van der Waals surface area contributed by atoms with Gasteiger partial charge in [0.2, 0.25) is 5.91 Å². The van der Waals surface area contributed by atoms with E-state index >= 15 is 0 Å². The zero-order valence-electron chi connectivity index (χ0n) is 8.89. The zero-order valence-corrected chi connectivity index (χ0v) is 8.89. The van der Waals surface area contributed by atoms with Crippen LogP contribution < -0.4 is 16.4 Å². The highest BCUT2D eigenvalue weighted by Crippen LogP contribution is 2.25. The summed E-state index contributed by atoms with van der Waals surface area (Å²) in [5.74, 6) is 0.173. The third-order valence-corrected chi connectivity index (χ3v) is 2.47. The van der Waals surface area contributed by atoms with Crippen molar-refractivity contribution < 1.29 is 4.79 Å². The fourth-order valence-corrected chi connectivity index (χ4v) is 1.80. The van der Waals surface area contributed by atoms with E-state index in [9.17, 15) is 4.79 Å². The van der Waals surface area contributed by atoms with Gasteiger partial charge >= 0.3 is 0 Å². The third-order valence-electron chi connectivity index (χ3n) is 2.47. The summed E-state index contributed by atoms with van der Waals surface area (Å²) in [7, 11) is 0. The van der Waals surface area contributed by atoms with E-state index in [-0.39, 0.29) is 11.9 Å². The van der Waals surface area contributed by atoms with E-state index in [4.69, 9.17) is 11.5 Å². The maximum absolute atomic E-state index is 11.5. The van der Waals surface area contributed by atoms with E-state index in [1.54, 1.807) is 11.0 Å². The van der Waals surface area contributed by atoms with Crippen molar-refractivity contribution in [2.45, 2.75) is 12.8 Å². The molecule has 0 aliphatic carbocycles. The van der Waals surface area contributed by atoms with Crippen LogP contribution in [0, 0.1) is 0 Å². The Kier molecular flexibility index (Phi) is 2.76. The average molecular weight is 218 g/mol. The van der Waals surface area contributed by atoms with Crippen molar-refractivity contribution in [1.29, 1.82) is 0 Å². The minimum absolute atomic E-state index is 0.0184. The molecule has 5 nitrogen and oxygen atoms in total. The van der Waals surface area contributed by atoms with Crippen molar-refractivity contribution in [2.75, 3.05) is 11.4 Å². The number of carbonyl (C=O) groups is 1. The predicted molar refractivity (Wildman–Crippen MR) is 63.5 cm³/mol. The summed E-state index contributed by atoms with van der Waals surface area (Å²) < 4.78 is 0. The number of hydrogen-bond donors (Lipinski definition) is 2. The van der Waals surface area contributed by atoms with Gasteiger partial charge in [0.05, 0.1) is 5.69 Å². The largest absolute Gasteiger partial charge is 0.370 e. The number of nitrogens with zero attached hydrogens (tertiary/aromatic N) is 2. The average Bonchev–Trinajstić information content (AvgIpc) is 2.64. The van der Waals surface area contributed by atoms with Gasteiger partial charge in [0.25, 0.3) is 0 Å². The van der Waals surface area contributed by atoms with Crippen LogP contribution in [0.3, 0.4) is 0 Å². The van der Waals surface area contributed by atoms with Gasteiger partial charge in [-0.2, -0.15) is 0 Å². The van der Waals surface area contributed by atoms with Gasteiger partial charge < -0.3 is 16.4 Å². The molecule has 0 saturated carbocycles. The number of guanidine groups is 1. The van der Waals surface area contributed by atoms with Crippen LogP contribution in [0.15, 0.2) is 29.3 Å². The summed E-state index contributed by atoms with van der Waals surface area (Å²) in [4.78, 5) is 17.3. The number of amides is 1. The molecule has 1 saturated heterocycles. The number of carbonyl (C=O) groups excluding carboxylic acids is 1. The van der Waals surface area contributed by atoms with E-state index in [2.05, 4.69) is 4.99 Å². The first-order chi connectivity index (χ1) is 7.66. The number of benzene rings is 1. The molecule has 0 atom stereocenters. The summed E-state index contributed by atoms with van der Waals surface area (Å²) in [6.07, 6.45) is 1.53. The van der Waals surface area contributed by atoms with Gasteiger partial charge in [-0.15, -0.1) is 0 Å². The van der Waals surface area contributed by atoms with Crippen molar-refractivity contribution in [2.24, 2.45) is 16.5 Å². The van der Waals surface area contributed by atoms with Gasteiger partial charge in [-0.3, -0.25) is 4.79 Å². The molecule has 1 aliphatic rings. The van der Waals surface area contributed by atoms with Crippen molar-refractivity contribution in [3.05, 3.63) is 24.3 Å². The summed E-state index contributed by atoms with van der Waals surface area (Å²) in [6, 6.07) is 7.32. The van der Waals surface area contributed by atoms with Gasteiger partial charge in [0, 0.05) is 18.7 Å². The molecule has 1 aromatic rings. The molecule has 1 amide bonds. The number of hydrogen-bond acceptors (Lipinski definition) is 2. The summed E-state index contributed by atoms with van der Waals surface area (Å²) in [5.41, 5.74) is 12.1. The molecular weight excluding hydrogens is 204 g/mol. The Balaban J connectivity index is 2.28. The Bertz CT molecular complexity index is 437. The van der Waals surface area contributed by atoms with Crippen LogP contribution in [-0.2, 0) is 4.79 Å². The topological polar surface area (TPSA) is 84.7 Å². The van der Waals surface area contributed by atoms with Crippen molar-refractivity contribution in [3.8, 4) is 0 Å². The van der Waals surface area contributed by atoms with Crippen LogP contribution in [-0.4, -0.2) is 18.4 Å².